The average molecular weight is 1940 g/mol. The van der Waals surface area contributed by atoms with Crippen molar-refractivity contribution < 1.29 is 33.5 Å². The van der Waals surface area contributed by atoms with Gasteiger partial charge < -0.3 is 29.7 Å². The van der Waals surface area contributed by atoms with Gasteiger partial charge in [-0.1, -0.05) is 308 Å². The van der Waals surface area contributed by atoms with Gasteiger partial charge in [0.05, 0.1) is 58.8 Å². The molecule has 0 atom stereocenters. The van der Waals surface area contributed by atoms with Crippen molar-refractivity contribution in [2.24, 2.45) is 0 Å². The van der Waals surface area contributed by atoms with Crippen molar-refractivity contribution in [2.45, 2.75) is 122 Å². The molecular weight excluding hydrogens is 1830 g/mol. The Balaban J connectivity index is 0.000000109. The van der Waals surface area contributed by atoms with Gasteiger partial charge in [-0.05, 0) is 312 Å². The second kappa shape index (κ2) is 35.6. The summed E-state index contributed by atoms with van der Waals surface area (Å²) in [6.07, 6.45) is 2.73. The summed E-state index contributed by atoms with van der Waals surface area (Å²) >= 11 is 0. The zero-order chi connectivity index (χ0) is 103. The first-order valence-corrected chi connectivity index (χ1v) is 51.8. The van der Waals surface area contributed by atoms with E-state index in [0.29, 0.717) is 33.4 Å². The van der Waals surface area contributed by atoms with Crippen LogP contribution in [0.4, 0.5) is 51.2 Å². The first-order valence-electron chi connectivity index (χ1n) is 51.8. The highest BCUT2D eigenvalue weighted by atomic mass is 16.5. The lowest BCUT2D eigenvalue weighted by Crippen LogP contribution is -2.40. The molecule has 0 spiro atoms. The van der Waals surface area contributed by atoms with Crippen LogP contribution in [0, 0.1) is 0 Å². The second-order valence-corrected chi connectivity index (χ2v) is 44.3. The number of anilines is 9. The summed E-state index contributed by atoms with van der Waals surface area (Å²) < 4.78 is 5.00. The van der Waals surface area contributed by atoms with Gasteiger partial charge in [0, 0.05) is 104 Å². The van der Waals surface area contributed by atoms with Gasteiger partial charge in [-0.3, -0.25) is 24.0 Å². The maximum atomic E-state index is 13.6. The fraction of sp³-hybridized carbons (Fsp3) is 0.182. The smallest absolute Gasteiger partial charge is 0.337 e. The van der Waals surface area contributed by atoms with Gasteiger partial charge in [-0.2, -0.15) is 0 Å². The van der Waals surface area contributed by atoms with E-state index >= 15 is 0 Å². The number of ketones is 4. The predicted molar refractivity (Wildman–Crippen MR) is 610 cm³/mol. The zero-order valence-electron chi connectivity index (χ0n) is 86.5. The molecular formula is C137H115N5O7. The maximum absolute atomic E-state index is 13.6. The van der Waals surface area contributed by atoms with Crippen LogP contribution in [0.3, 0.4) is 0 Å². The Kier molecular flexibility index (Phi) is 22.6. The Hall–Kier alpha value is -16.6. The van der Waals surface area contributed by atoms with Gasteiger partial charge in [-0.25, -0.2) is 4.79 Å². The van der Waals surface area contributed by atoms with Crippen molar-refractivity contribution >= 4 is 147 Å². The number of allylic oxidation sites excluding steroid dienone is 1. The Morgan fingerprint density at radius 2 is 0.611 bits per heavy atom. The minimum Gasteiger partial charge on any atom is -0.465 e. The number of hydrogen-bond acceptors (Lipinski definition) is 12. The summed E-state index contributed by atoms with van der Waals surface area (Å²) in [4.78, 5) is 83.6. The van der Waals surface area contributed by atoms with E-state index in [1.54, 1.807) is 6.08 Å². The lowest BCUT2D eigenvalue weighted by atomic mass is 9.70. The number of methoxy groups -OCH3 is 1. The molecule has 0 bridgehead atoms. The van der Waals surface area contributed by atoms with Crippen LogP contribution in [0.1, 0.15) is 224 Å². The minimum atomic E-state index is -0.326. The zero-order valence-corrected chi connectivity index (χ0v) is 86.5. The van der Waals surface area contributed by atoms with E-state index in [1.807, 2.05) is 97.1 Å². The summed E-state index contributed by atoms with van der Waals surface area (Å²) in [6, 6.07) is 128. The summed E-state index contributed by atoms with van der Waals surface area (Å²) in [5.41, 5.74) is 37.9. The molecule has 12 nitrogen and oxygen atoms in total. The third-order valence-electron chi connectivity index (χ3n) is 33.4. The number of para-hydroxylation sites is 3. The average Bonchev–Trinajstić information content (AvgIpc) is 1.63. The van der Waals surface area contributed by atoms with E-state index in [1.165, 1.54) is 154 Å². The summed E-state index contributed by atoms with van der Waals surface area (Å²) in [5.74, 6) is -0.844. The summed E-state index contributed by atoms with van der Waals surface area (Å²) in [5, 5.41) is 13.9. The van der Waals surface area contributed by atoms with Gasteiger partial charge in [0.1, 0.15) is 6.29 Å². The molecule has 9 aliphatic rings. The topological polar surface area (TPSA) is 137 Å². The third-order valence-corrected chi connectivity index (χ3v) is 33.4. The molecule has 28 rings (SSSR count). The number of hydrogen-bond donors (Lipinski definition) is 1. The number of carbonyl (C=O) groups excluding carboxylic acids is 6. The normalized spacial score (nSPS) is 16.3. The number of ether oxygens (including phenoxy) is 1. The number of nitrogens with one attached hydrogen (secondary N) is 1. The van der Waals surface area contributed by atoms with Crippen LogP contribution in [0.25, 0.3) is 93.3 Å². The van der Waals surface area contributed by atoms with E-state index in [-0.39, 0.29) is 73.6 Å². The number of aldehydes is 1. The standard InChI is InChI=1S/C48H35NO2.C36H31NO2.C35H29NO.C13H8O2.C5H12N2/c1-47(2)39-17-11-10-16-34(39)35-26-41-43(27-40(35)47)49(32-14-6-5-7-15-32)42-21-19-31-22-28(18-20-33(31)44(42)48(41,3)4)23-38-45(50)36-24-29-12-8-9-13-30(29)25-37(36)46(38)51;1-35(2)28-14-10-9-13-26(28)27-20-30-32(21-29(27)35)37(24-11-7-6-8-12-24)31-18-16-22-19-23(34(38)39-5)15-17-25(22)33(31)36(30,3)4;1-34(2)28-13-9-8-12-26(28)27-19-30-32(20-29(27)34)36(24-10-6-5-7-11-24)31-17-15-23-18-22(21-37)14-16-25(23)33(31)35(30,3)4;14-12-7-13(15)11-6-9-4-2-1-3-8(9)5-10(11)12;1-7-4-2-6-3-5-7/h5-27H,1-4H3;6-21H,1-5H3;5-21H,1-4H3;1-6H,7H2;6H,2-5H2,1H3. The number of Topliss-reactive ketones (excluding diaryl/α,β-unsaturated/α-hetero) is 4. The molecule has 5 aliphatic carbocycles. The first kappa shape index (κ1) is 94.6. The van der Waals surface area contributed by atoms with Gasteiger partial charge >= 0.3 is 5.97 Å². The molecule has 1 N–H and O–H groups in total. The number of nitrogens with zero attached hydrogens (tertiary/aromatic N) is 4. The SMILES string of the molecule is CC1(C)c2ccccc2-c2cc3c(cc21)N(c1ccccc1)c1ccc2cc(C=C4C(=O)c5cc6ccccc6cc5C4=O)ccc2c1C3(C)C.CC1(C)c2ccccc2-c2cc3c(cc21)N(c1ccccc1)c1ccc2cc(C=O)ccc2c1C3(C)C.CN1CCNCC1.COC(=O)c1ccc2c3c(ccc2c1)N(c1ccccc1)c1cc2c(cc1C3(C)C)-c1ccccc1C2(C)C.O=C1CC(=O)c2cc3ccccc3cc21. The number of fused-ring (bicyclic) bond motifs is 25. The fourth-order valence-corrected chi connectivity index (χ4v) is 25.7. The van der Waals surface area contributed by atoms with Gasteiger partial charge in [0.2, 0.25) is 0 Å². The largest absolute Gasteiger partial charge is 0.465 e. The number of rotatable bonds is 6. The van der Waals surface area contributed by atoms with Gasteiger partial charge in [0.15, 0.2) is 23.1 Å². The van der Waals surface area contributed by atoms with Crippen molar-refractivity contribution in [3.8, 4) is 33.4 Å². The Labute approximate surface area is 870 Å². The number of likely N-dealkylation sites (N-methyl/N-ethyl adjacent to an activating group) is 1. The number of benzene rings is 19. The monoisotopic (exact) mass is 1940 g/mol. The van der Waals surface area contributed by atoms with E-state index in [2.05, 4.69) is 382 Å². The number of carbonyl (C=O) groups is 6. The Bertz CT molecular complexity index is 8870. The molecule has 730 valence electrons. The number of esters is 1. The van der Waals surface area contributed by atoms with Crippen LogP contribution in [-0.2, 0) is 37.2 Å². The Morgan fingerprint density at radius 3 is 0.960 bits per heavy atom. The van der Waals surface area contributed by atoms with Crippen LogP contribution >= 0.6 is 0 Å². The minimum absolute atomic E-state index is 0.0334. The quantitative estimate of drug-likeness (QED) is 0.0558. The first-order chi connectivity index (χ1) is 71.8. The van der Waals surface area contributed by atoms with Crippen molar-refractivity contribution in [3.63, 3.8) is 0 Å². The fourth-order valence-electron chi connectivity index (χ4n) is 25.7. The molecule has 19 aromatic carbocycles. The molecule has 4 heterocycles. The van der Waals surface area contributed by atoms with Crippen molar-refractivity contribution in [3.05, 3.63) is 475 Å². The molecule has 19 aromatic rings. The summed E-state index contributed by atoms with van der Waals surface area (Å²) in [6.45, 7) is 32.8. The van der Waals surface area contributed by atoms with E-state index in [4.69, 9.17) is 4.74 Å². The van der Waals surface area contributed by atoms with Crippen LogP contribution < -0.4 is 20.0 Å². The molecule has 0 amide bonds. The van der Waals surface area contributed by atoms with Gasteiger partial charge in [0.25, 0.3) is 0 Å². The Morgan fingerprint density at radius 1 is 0.289 bits per heavy atom. The highest BCUT2D eigenvalue weighted by molar-refractivity contribution is 6.42. The molecule has 0 saturated carbocycles. The lowest BCUT2D eigenvalue weighted by molar-refractivity contribution is 0.0600. The second-order valence-electron chi connectivity index (χ2n) is 44.3. The molecule has 149 heavy (non-hydrogen) atoms. The van der Waals surface area contributed by atoms with Crippen LogP contribution in [0.5, 0.6) is 0 Å². The van der Waals surface area contributed by atoms with Crippen molar-refractivity contribution in [1.29, 1.82) is 0 Å². The molecule has 0 aromatic heterocycles. The molecule has 1 saturated heterocycles. The maximum Gasteiger partial charge on any atom is 0.337 e. The van der Waals surface area contributed by atoms with Crippen molar-refractivity contribution in [2.75, 3.05) is 55.0 Å². The molecule has 12 heteroatoms. The predicted octanol–water partition coefficient (Wildman–Crippen LogP) is 32.1. The van der Waals surface area contributed by atoms with E-state index in [9.17, 15) is 28.8 Å². The van der Waals surface area contributed by atoms with E-state index in [0.717, 1.165) is 96.2 Å². The van der Waals surface area contributed by atoms with E-state index < -0.39 is 0 Å². The van der Waals surface area contributed by atoms with Crippen LogP contribution in [-0.4, -0.2) is 80.6 Å². The molecule has 0 radical (unpaired) electrons. The molecule has 0 unspecified atom stereocenters. The lowest BCUT2D eigenvalue weighted by Gasteiger charge is -2.43. The number of piperazine rings is 1. The van der Waals surface area contributed by atoms with Crippen LogP contribution in [0.2, 0.25) is 0 Å². The highest BCUT2D eigenvalue weighted by Crippen LogP contribution is 2.64. The molecule has 1 fully saturated rings. The van der Waals surface area contributed by atoms with Crippen molar-refractivity contribution in [1.82, 2.24) is 10.2 Å². The molecule has 4 aliphatic heterocycles. The highest BCUT2D eigenvalue weighted by Gasteiger charge is 2.49. The van der Waals surface area contributed by atoms with Gasteiger partial charge in [-0.15, -0.1) is 0 Å². The third kappa shape index (κ3) is 15.2. The summed E-state index contributed by atoms with van der Waals surface area (Å²) in [7, 11) is 3.58. The van der Waals surface area contributed by atoms with Crippen LogP contribution in [0.15, 0.2) is 370 Å².